The summed E-state index contributed by atoms with van der Waals surface area (Å²) in [6, 6.07) is 10.1. The number of sulfonamides is 1. The van der Waals surface area contributed by atoms with Crippen molar-refractivity contribution in [3.05, 3.63) is 53.4 Å². The van der Waals surface area contributed by atoms with Crippen LogP contribution in [0.1, 0.15) is 12.2 Å². The molecule has 0 radical (unpaired) electrons. The number of anilines is 1. The van der Waals surface area contributed by atoms with Gasteiger partial charge in [-0.05, 0) is 36.4 Å². The van der Waals surface area contributed by atoms with Crippen LogP contribution in [0.25, 0.3) is 0 Å². The third-order valence-electron chi connectivity index (χ3n) is 3.10. The van der Waals surface area contributed by atoms with Crippen molar-refractivity contribution < 1.29 is 17.6 Å². The van der Waals surface area contributed by atoms with Gasteiger partial charge in [-0.2, -0.15) is 4.31 Å². The predicted octanol–water partition coefficient (Wildman–Crippen LogP) is 2.72. The van der Waals surface area contributed by atoms with Crippen molar-refractivity contribution in [1.82, 2.24) is 4.31 Å². The van der Waals surface area contributed by atoms with Crippen LogP contribution in [0, 0.1) is 0 Å². The van der Waals surface area contributed by atoms with Crippen LogP contribution in [-0.4, -0.2) is 31.4 Å². The summed E-state index contributed by atoms with van der Waals surface area (Å²) in [5, 5.41) is 3.27. The van der Waals surface area contributed by atoms with Gasteiger partial charge in [0.2, 0.25) is 15.9 Å². The van der Waals surface area contributed by atoms with Crippen molar-refractivity contribution in [2.24, 2.45) is 0 Å². The lowest BCUT2D eigenvalue weighted by atomic mass is 10.3. The Bertz CT molecular complexity index is 742. The molecule has 0 aliphatic carbocycles. The number of amides is 1. The van der Waals surface area contributed by atoms with E-state index >= 15 is 0 Å². The Morgan fingerprint density at radius 2 is 1.96 bits per heavy atom. The average Bonchev–Trinajstić information content (AvgIpc) is 2.98. The fourth-order valence-electron chi connectivity index (χ4n) is 1.92. The Morgan fingerprint density at radius 3 is 2.52 bits per heavy atom. The Balaban J connectivity index is 1.92. The molecule has 23 heavy (non-hydrogen) atoms. The summed E-state index contributed by atoms with van der Waals surface area (Å²) in [6.45, 7) is 0.166. The maximum absolute atomic E-state index is 11.9. The second kappa shape index (κ2) is 7.63. The van der Waals surface area contributed by atoms with Gasteiger partial charge in [0.05, 0.1) is 19.1 Å². The van der Waals surface area contributed by atoms with E-state index in [1.807, 2.05) is 0 Å². The molecule has 0 saturated heterocycles. The van der Waals surface area contributed by atoms with Gasteiger partial charge in [0, 0.05) is 23.7 Å². The number of rotatable bonds is 7. The number of carbonyl (C=O) groups is 1. The monoisotopic (exact) mass is 356 g/mol. The van der Waals surface area contributed by atoms with Crippen molar-refractivity contribution in [3.8, 4) is 0 Å². The van der Waals surface area contributed by atoms with Crippen molar-refractivity contribution in [3.63, 3.8) is 0 Å². The molecular weight excluding hydrogens is 340 g/mol. The van der Waals surface area contributed by atoms with E-state index in [1.165, 1.54) is 10.6 Å². The first-order valence-corrected chi connectivity index (χ1v) is 9.10. The van der Waals surface area contributed by atoms with E-state index in [0.29, 0.717) is 16.5 Å². The largest absolute Gasteiger partial charge is 0.468 e. The minimum absolute atomic E-state index is 0.0381. The molecule has 0 unspecified atom stereocenters. The van der Waals surface area contributed by atoms with E-state index in [2.05, 4.69) is 5.32 Å². The van der Waals surface area contributed by atoms with Crippen LogP contribution in [0.2, 0.25) is 5.02 Å². The predicted molar refractivity (Wildman–Crippen MR) is 88.7 cm³/mol. The molecule has 2 rings (SSSR count). The molecule has 1 aromatic heterocycles. The van der Waals surface area contributed by atoms with Crippen LogP contribution in [0.4, 0.5) is 5.69 Å². The first-order chi connectivity index (χ1) is 10.8. The fourth-order valence-corrected chi connectivity index (χ4v) is 2.83. The van der Waals surface area contributed by atoms with Gasteiger partial charge in [0.1, 0.15) is 5.76 Å². The maximum atomic E-state index is 11.9. The molecule has 1 aromatic carbocycles. The van der Waals surface area contributed by atoms with Gasteiger partial charge < -0.3 is 9.73 Å². The molecule has 0 atom stereocenters. The number of hydrogen-bond acceptors (Lipinski definition) is 4. The van der Waals surface area contributed by atoms with E-state index in [-0.39, 0.29) is 25.4 Å². The molecule has 8 heteroatoms. The van der Waals surface area contributed by atoms with Gasteiger partial charge in [0.15, 0.2) is 0 Å². The van der Waals surface area contributed by atoms with Crippen LogP contribution in [0.3, 0.4) is 0 Å². The quantitative estimate of drug-likeness (QED) is 0.827. The lowest BCUT2D eigenvalue weighted by Gasteiger charge is -2.18. The molecule has 0 aliphatic rings. The number of hydrogen-bond donors (Lipinski definition) is 1. The normalized spacial score (nSPS) is 11.6. The van der Waals surface area contributed by atoms with E-state index in [0.717, 1.165) is 6.26 Å². The highest BCUT2D eigenvalue weighted by atomic mass is 35.5. The standard InChI is InChI=1S/C15H17ClN2O4S/c1-23(20,21)18(11-14-3-2-10-22-14)9-8-15(19)17-13-6-4-12(16)5-7-13/h2-7,10H,8-9,11H2,1H3,(H,17,19). The summed E-state index contributed by atoms with van der Waals surface area (Å²) >= 11 is 5.77. The van der Waals surface area contributed by atoms with Gasteiger partial charge in [-0.3, -0.25) is 4.79 Å². The van der Waals surface area contributed by atoms with Gasteiger partial charge >= 0.3 is 0 Å². The highest BCUT2D eigenvalue weighted by molar-refractivity contribution is 7.88. The van der Waals surface area contributed by atoms with Crippen LogP contribution < -0.4 is 5.32 Å². The number of benzene rings is 1. The summed E-state index contributed by atoms with van der Waals surface area (Å²) < 4.78 is 30.0. The Kier molecular flexibility index (Phi) is 5.81. The second-order valence-electron chi connectivity index (χ2n) is 4.98. The third-order valence-corrected chi connectivity index (χ3v) is 4.60. The molecule has 6 nitrogen and oxygen atoms in total. The smallest absolute Gasteiger partial charge is 0.225 e. The van der Waals surface area contributed by atoms with E-state index in [4.69, 9.17) is 16.0 Å². The first-order valence-electron chi connectivity index (χ1n) is 6.87. The van der Waals surface area contributed by atoms with Crippen LogP contribution in [-0.2, 0) is 21.4 Å². The fraction of sp³-hybridized carbons (Fsp3) is 0.267. The number of nitrogens with one attached hydrogen (secondary N) is 1. The Labute approximate surface area is 140 Å². The number of nitrogens with zero attached hydrogens (tertiary/aromatic N) is 1. The van der Waals surface area contributed by atoms with Gasteiger partial charge in [-0.1, -0.05) is 11.6 Å². The molecule has 1 N–H and O–H groups in total. The zero-order valence-electron chi connectivity index (χ0n) is 12.5. The van der Waals surface area contributed by atoms with Gasteiger partial charge in [-0.15, -0.1) is 0 Å². The molecule has 2 aromatic rings. The summed E-state index contributed by atoms with van der Waals surface area (Å²) in [6.07, 6.45) is 2.62. The molecule has 1 amide bonds. The van der Waals surface area contributed by atoms with Crippen LogP contribution >= 0.6 is 11.6 Å². The van der Waals surface area contributed by atoms with E-state index in [9.17, 15) is 13.2 Å². The van der Waals surface area contributed by atoms with Crippen molar-refractivity contribution in [2.75, 3.05) is 18.1 Å². The minimum atomic E-state index is -3.44. The molecular formula is C15H17ClN2O4S. The highest BCUT2D eigenvalue weighted by Gasteiger charge is 2.19. The highest BCUT2D eigenvalue weighted by Crippen LogP contribution is 2.14. The lowest BCUT2D eigenvalue weighted by molar-refractivity contribution is -0.116. The van der Waals surface area contributed by atoms with E-state index in [1.54, 1.807) is 36.4 Å². The lowest BCUT2D eigenvalue weighted by Crippen LogP contribution is -2.32. The summed E-state index contributed by atoms with van der Waals surface area (Å²) in [5.74, 6) is 0.244. The Hall–Kier alpha value is -1.83. The van der Waals surface area contributed by atoms with Crippen LogP contribution in [0.5, 0.6) is 0 Å². The van der Waals surface area contributed by atoms with Crippen LogP contribution in [0.15, 0.2) is 47.1 Å². The maximum Gasteiger partial charge on any atom is 0.225 e. The molecule has 0 aliphatic heterocycles. The molecule has 1 heterocycles. The molecule has 0 saturated carbocycles. The average molecular weight is 357 g/mol. The van der Waals surface area contributed by atoms with E-state index < -0.39 is 10.0 Å². The molecule has 0 bridgehead atoms. The van der Waals surface area contributed by atoms with Crippen molar-refractivity contribution in [1.29, 1.82) is 0 Å². The third kappa shape index (κ3) is 5.70. The Morgan fingerprint density at radius 1 is 1.26 bits per heavy atom. The molecule has 0 spiro atoms. The van der Waals surface area contributed by atoms with Gasteiger partial charge in [-0.25, -0.2) is 8.42 Å². The minimum Gasteiger partial charge on any atom is -0.468 e. The molecule has 124 valence electrons. The summed E-state index contributed by atoms with van der Waals surface area (Å²) in [7, 11) is -3.44. The van der Waals surface area contributed by atoms with Crippen molar-refractivity contribution >= 4 is 33.2 Å². The summed E-state index contributed by atoms with van der Waals surface area (Å²) in [5.41, 5.74) is 0.608. The number of carbonyl (C=O) groups excluding carboxylic acids is 1. The summed E-state index contributed by atoms with van der Waals surface area (Å²) in [4.78, 5) is 11.9. The van der Waals surface area contributed by atoms with Gasteiger partial charge in [0.25, 0.3) is 0 Å². The number of furan rings is 1. The number of halogens is 1. The second-order valence-corrected chi connectivity index (χ2v) is 7.40. The molecule has 0 fully saturated rings. The zero-order valence-corrected chi connectivity index (χ0v) is 14.1. The van der Waals surface area contributed by atoms with Crippen molar-refractivity contribution in [2.45, 2.75) is 13.0 Å². The topological polar surface area (TPSA) is 79.6 Å². The SMILES string of the molecule is CS(=O)(=O)N(CCC(=O)Nc1ccc(Cl)cc1)Cc1ccco1. The zero-order chi connectivity index (χ0) is 16.9. The first kappa shape index (κ1) is 17.5.